The molecule has 2 N–H and O–H groups in total. The van der Waals surface area contributed by atoms with E-state index in [-0.39, 0.29) is 18.5 Å². The predicted octanol–water partition coefficient (Wildman–Crippen LogP) is 3.88. The SMILES string of the molecule is CC(C)C[C@H](Nc1cscc1-c1ccccc1)C(=O)NCC#N. The summed E-state index contributed by atoms with van der Waals surface area (Å²) < 4.78 is 0. The van der Waals surface area contributed by atoms with Crippen LogP contribution in [0, 0.1) is 17.2 Å². The molecule has 5 heteroatoms. The third kappa shape index (κ3) is 4.83. The van der Waals surface area contributed by atoms with E-state index < -0.39 is 0 Å². The van der Waals surface area contributed by atoms with Gasteiger partial charge in [0.05, 0.1) is 11.8 Å². The normalized spacial score (nSPS) is 11.7. The molecule has 1 heterocycles. The van der Waals surface area contributed by atoms with Gasteiger partial charge in [-0.3, -0.25) is 4.79 Å². The second-order valence-corrected chi connectivity index (χ2v) is 6.51. The van der Waals surface area contributed by atoms with E-state index in [9.17, 15) is 4.79 Å². The molecule has 1 amide bonds. The number of hydrogen-bond acceptors (Lipinski definition) is 4. The largest absolute Gasteiger partial charge is 0.372 e. The minimum atomic E-state index is -0.347. The van der Waals surface area contributed by atoms with Gasteiger partial charge in [0, 0.05) is 16.3 Å². The fraction of sp³-hybridized carbons (Fsp3) is 0.333. The Morgan fingerprint density at radius 2 is 2.00 bits per heavy atom. The summed E-state index contributed by atoms with van der Waals surface area (Å²) in [7, 11) is 0. The topological polar surface area (TPSA) is 64.9 Å². The maximum Gasteiger partial charge on any atom is 0.243 e. The maximum atomic E-state index is 12.3. The van der Waals surface area contributed by atoms with Gasteiger partial charge in [-0.2, -0.15) is 5.26 Å². The highest BCUT2D eigenvalue weighted by Crippen LogP contribution is 2.32. The second-order valence-electron chi connectivity index (χ2n) is 5.77. The summed E-state index contributed by atoms with van der Waals surface area (Å²) in [6, 6.07) is 11.7. The average Bonchev–Trinajstić information content (AvgIpc) is 3.00. The molecular weight excluding hydrogens is 306 g/mol. The molecule has 4 nitrogen and oxygen atoms in total. The van der Waals surface area contributed by atoms with Crippen LogP contribution in [0.4, 0.5) is 5.69 Å². The Kier molecular flexibility index (Phi) is 6.19. The van der Waals surface area contributed by atoms with Gasteiger partial charge in [0.2, 0.25) is 5.91 Å². The summed E-state index contributed by atoms with van der Waals surface area (Å²) in [6.07, 6.45) is 0.710. The number of hydrogen-bond donors (Lipinski definition) is 2. The third-order valence-electron chi connectivity index (χ3n) is 3.44. The van der Waals surface area contributed by atoms with Crippen molar-refractivity contribution in [2.45, 2.75) is 26.3 Å². The third-order valence-corrected chi connectivity index (χ3v) is 4.19. The quantitative estimate of drug-likeness (QED) is 0.759. The molecule has 0 unspecified atom stereocenters. The van der Waals surface area contributed by atoms with Gasteiger partial charge in [-0.25, -0.2) is 0 Å². The summed E-state index contributed by atoms with van der Waals surface area (Å²) >= 11 is 1.60. The Hall–Kier alpha value is -2.32. The van der Waals surface area contributed by atoms with E-state index in [2.05, 4.69) is 42.0 Å². The van der Waals surface area contributed by atoms with E-state index in [0.29, 0.717) is 12.3 Å². The summed E-state index contributed by atoms with van der Waals surface area (Å²) in [5, 5.41) is 18.8. The summed E-state index contributed by atoms with van der Waals surface area (Å²) in [5.41, 5.74) is 3.17. The maximum absolute atomic E-state index is 12.3. The van der Waals surface area contributed by atoms with Crippen LogP contribution in [0.2, 0.25) is 0 Å². The van der Waals surface area contributed by atoms with Crippen LogP contribution in [-0.2, 0) is 4.79 Å². The van der Waals surface area contributed by atoms with Gasteiger partial charge in [-0.1, -0.05) is 44.2 Å². The Balaban J connectivity index is 2.19. The van der Waals surface area contributed by atoms with Crippen molar-refractivity contribution in [3.8, 4) is 17.2 Å². The van der Waals surface area contributed by atoms with Gasteiger partial charge < -0.3 is 10.6 Å². The van der Waals surface area contributed by atoms with Crippen LogP contribution in [0.5, 0.6) is 0 Å². The number of rotatable bonds is 7. The first-order chi connectivity index (χ1) is 11.1. The van der Waals surface area contributed by atoms with Crippen LogP contribution in [0.3, 0.4) is 0 Å². The van der Waals surface area contributed by atoms with E-state index in [1.54, 1.807) is 11.3 Å². The van der Waals surface area contributed by atoms with Crippen LogP contribution >= 0.6 is 11.3 Å². The van der Waals surface area contributed by atoms with Gasteiger partial charge >= 0.3 is 0 Å². The summed E-state index contributed by atoms with van der Waals surface area (Å²) in [6.45, 7) is 4.19. The van der Waals surface area contributed by atoms with Crippen molar-refractivity contribution in [1.82, 2.24) is 5.32 Å². The number of carbonyl (C=O) groups excluding carboxylic acids is 1. The number of carbonyl (C=O) groups is 1. The van der Waals surface area contributed by atoms with Gasteiger partial charge in [-0.05, 0) is 17.9 Å². The van der Waals surface area contributed by atoms with Crippen LogP contribution in [0.1, 0.15) is 20.3 Å². The summed E-state index contributed by atoms with van der Waals surface area (Å²) in [4.78, 5) is 12.3. The van der Waals surface area contributed by atoms with Crippen LogP contribution in [0.15, 0.2) is 41.1 Å². The van der Waals surface area contributed by atoms with Gasteiger partial charge in [0.25, 0.3) is 0 Å². The van der Waals surface area contributed by atoms with Crippen molar-refractivity contribution >= 4 is 22.9 Å². The molecule has 1 aromatic carbocycles. The van der Waals surface area contributed by atoms with E-state index >= 15 is 0 Å². The highest BCUT2D eigenvalue weighted by Gasteiger charge is 2.21. The highest BCUT2D eigenvalue weighted by atomic mass is 32.1. The number of thiophene rings is 1. The minimum absolute atomic E-state index is 0.0320. The lowest BCUT2D eigenvalue weighted by Crippen LogP contribution is -2.40. The zero-order valence-electron chi connectivity index (χ0n) is 13.4. The molecule has 1 aromatic heterocycles. The van der Waals surface area contributed by atoms with Crippen molar-refractivity contribution in [2.75, 3.05) is 11.9 Å². The zero-order valence-corrected chi connectivity index (χ0v) is 14.2. The first-order valence-electron chi connectivity index (χ1n) is 7.64. The number of nitriles is 1. The van der Waals surface area contributed by atoms with Crippen LogP contribution in [-0.4, -0.2) is 18.5 Å². The van der Waals surface area contributed by atoms with Crippen molar-refractivity contribution < 1.29 is 4.79 Å². The summed E-state index contributed by atoms with van der Waals surface area (Å²) in [5.74, 6) is 0.240. The molecule has 0 saturated heterocycles. The van der Waals surface area contributed by atoms with Crippen molar-refractivity contribution in [3.05, 3.63) is 41.1 Å². The Labute approximate surface area is 141 Å². The highest BCUT2D eigenvalue weighted by molar-refractivity contribution is 7.08. The lowest BCUT2D eigenvalue weighted by molar-refractivity contribution is -0.121. The molecule has 0 saturated carbocycles. The van der Waals surface area contributed by atoms with Crippen molar-refractivity contribution in [3.63, 3.8) is 0 Å². The fourth-order valence-electron chi connectivity index (χ4n) is 2.39. The molecule has 120 valence electrons. The fourth-order valence-corrected chi connectivity index (χ4v) is 3.19. The molecule has 0 aliphatic carbocycles. The monoisotopic (exact) mass is 327 g/mol. The first kappa shape index (κ1) is 17.0. The van der Waals surface area contributed by atoms with Gasteiger partial charge in [0.15, 0.2) is 0 Å². The molecule has 2 rings (SSSR count). The van der Waals surface area contributed by atoms with Crippen LogP contribution < -0.4 is 10.6 Å². The zero-order chi connectivity index (χ0) is 16.7. The number of anilines is 1. The Bertz CT molecular complexity index is 673. The smallest absolute Gasteiger partial charge is 0.243 e. The first-order valence-corrected chi connectivity index (χ1v) is 8.59. The molecule has 0 aliphatic rings. The van der Waals surface area contributed by atoms with Crippen molar-refractivity contribution in [2.24, 2.45) is 5.92 Å². The number of nitrogens with zero attached hydrogens (tertiary/aromatic N) is 1. The van der Waals surface area contributed by atoms with E-state index in [4.69, 9.17) is 5.26 Å². The standard InChI is InChI=1S/C18H21N3OS/c1-13(2)10-16(18(22)20-9-8-19)21-17-12-23-11-15(17)14-6-4-3-5-7-14/h3-7,11-13,16,21H,9-10H2,1-2H3,(H,20,22)/t16-/m0/s1. The number of nitrogens with one attached hydrogen (secondary N) is 2. The minimum Gasteiger partial charge on any atom is -0.372 e. The van der Waals surface area contributed by atoms with Crippen LogP contribution in [0.25, 0.3) is 11.1 Å². The molecule has 1 atom stereocenters. The second kappa shape index (κ2) is 8.35. The number of amides is 1. The molecule has 0 aliphatic heterocycles. The molecule has 2 aromatic rings. The molecule has 0 spiro atoms. The molecule has 0 fully saturated rings. The Morgan fingerprint density at radius 1 is 1.26 bits per heavy atom. The van der Waals surface area contributed by atoms with Gasteiger partial charge in [0.1, 0.15) is 12.6 Å². The lowest BCUT2D eigenvalue weighted by atomic mass is 10.0. The number of benzene rings is 1. The molecule has 0 radical (unpaired) electrons. The van der Waals surface area contributed by atoms with E-state index in [1.807, 2.05) is 29.6 Å². The lowest BCUT2D eigenvalue weighted by Gasteiger charge is -2.21. The molecular formula is C18H21N3OS. The Morgan fingerprint density at radius 3 is 2.65 bits per heavy atom. The molecule has 23 heavy (non-hydrogen) atoms. The molecule has 0 bridgehead atoms. The predicted molar refractivity (Wildman–Crippen MR) is 95.2 cm³/mol. The average molecular weight is 327 g/mol. The van der Waals surface area contributed by atoms with E-state index in [0.717, 1.165) is 16.8 Å². The van der Waals surface area contributed by atoms with E-state index in [1.165, 1.54) is 0 Å². The van der Waals surface area contributed by atoms with Gasteiger partial charge in [-0.15, -0.1) is 11.3 Å². The van der Waals surface area contributed by atoms with Crippen molar-refractivity contribution in [1.29, 1.82) is 5.26 Å².